The maximum atomic E-state index is 15.9. The van der Waals surface area contributed by atoms with E-state index in [0.29, 0.717) is 34.1 Å². The average molecular weight is 533 g/mol. The van der Waals surface area contributed by atoms with E-state index in [0.717, 1.165) is 81.6 Å². The van der Waals surface area contributed by atoms with Crippen LogP contribution >= 0.6 is 0 Å². The van der Waals surface area contributed by atoms with E-state index in [1.807, 2.05) is 24.3 Å². The van der Waals surface area contributed by atoms with E-state index in [1.54, 1.807) is 0 Å². The molecule has 0 spiro atoms. The summed E-state index contributed by atoms with van der Waals surface area (Å²) in [5, 5.41) is 0. The smallest absolute Gasteiger partial charge is 0.167 e. The Morgan fingerprint density at radius 2 is 1.23 bits per heavy atom. The summed E-state index contributed by atoms with van der Waals surface area (Å²) in [5.41, 5.74) is 3.11. The molecule has 0 N–H and O–H groups in total. The third-order valence-corrected chi connectivity index (χ3v) is 11.0. The molecular formula is C36H43F3. The second kappa shape index (κ2) is 11.3. The highest BCUT2D eigenvalue weighted by molar-refractivity contribution is 6.03. The quantitative estimate of drug-likeness (QED) is 0.265. The van der Waals surface area contributed by atoms with Crippen LogP contribution in [0.5, 0.6) is 0 Å². The van der Waals surface area contributed by atoms with Crippen molar-refractivity contribution in [3.63, 3.8) is 0 Å². The van der Waals surface area contributed by atoms with Crippen molar-refractivity contribution >= 4 is 0 Å². The summed E-state index contributed by atoms with van der Waals surface area (Å²) in [5.74, 6) is 1.15. The molecule has 0 heterocycles. The molecule has 2 aromatic carbocycles. The Kier molecular flexibility index (Phi) is 7.79. The van der Waals surface area contributed by atoms with Gasteiger partial charge < -0.3 is 0 Å². The zero-order valence-electron chi connectivity index (χ0n) is 23.3. The third kappa shape index (κ3) is 4.93. The fourth-order valence-corrected chi connectivity index (χ4v) is 8.58. The Labute approximate surface area is 232 Å². The Morgan fingerprint density at radius 3 is 1.87 bits per heavy atom. The monoisotopic (exact) mass is 532 g/mol. The molecule has 0 nitrogen and oxygen atoms in total. The van der Waals surface area contributed by atoms with Gasteiger partial charge in [-0.25, -0.2) is 13.2 Å². The van der Waals surface area contributed by atoms with Crippen LogP contribution in [0.2, 0.25) is 0 Å². The summed E-state index contributed by atoms with van der Waals surface area (Å²) < 4.78 is 46.8. The Bertz CT molecular complexity index is 1220. The van der Waals surface area contributed by atoms with E-state index < -0.39 is 11.6 Å². The minimum Gasteiger partial charge on any atom is -0.206 e. The number of halogens is 3. The van der Waals surface area contributed by atoms with Crippen LogP contribution in [0.15, 0.2) is 43.5 Å². The Morgan fingerprint density at radius 1 is 0.641 bits per heavy atom. The number of allylic oxidation sites excluding steroid dienone is 2. The van der Waals surface area contributed by atoms with Crippen LogP contribution in [-0.4, -0.2) is 0 Å². The van der Waals surface area contributed by atoms with Gasteiger partial charge >= 0.3 is 0 Å². The zero-order chi connectivity index (χ0) is 27.1. The number of benzene rings is 2. The average Bonchev–Trinajstić information content (AvgIpc) is 2.97. The molecule has 0 aliphatic heterocycles. The molecule has 0 saturated heterocycles. The first-order valence-electron chi connectivity index (χ1n) is 15.6. The van der Waals surface area contributed by atoms with Gasteiger partial charge in [-0.15, -0.1) is 13.2 Å². The largest absolute Gasteiger partial charge is 0.206 e. The second-order valence-corrected chi connectivity index (χ2v) is 13.0. The van der Waals surface area contributed by atoms with Crippen LogP contribution < -0.4 is 0 Å². The second-order valence-electron chi connectivity index (χ2n) is 13.0. The molecule has 39 heavy (non-hydrogen) atoms. The van der Waals surface area contributed by atoms with E-state index in [2.05, 4.69) is 19.2 Å². The van der Waals surface area contributed by atoms with Gasteiger partial charge in [0, 0.05) is 11.1 Å². The van der Waals surface area contributed by atoms with Gasteiger partial charge in [0.15, 0.2) is 11.6 Å². The minimum atomic E-state index is -0.848. The summed E-state index contributed by atoms with van der Waals surface area (Å²) in [6, 6.07) is 5.73. The highest BCUT2D eigenvalue weighted by Crippen LogP contribution is 2.55. The predicted octanol–water partition coefficient (Wildman–Crippen LogP) is 11.3. The Balaban J connectivity index is 1.15. The van der Waals surface area contributed by atoms with Gasteiger partial charge in [0.25, 0.3) is 0 Å². The van der Waals surface area contributed by atoms with Crippen molar-refractivity contribution in [2.45, 2.75) is 102 Å². The first-order valence-corrected chi connectivity index (χ1v) is 15.6. The molecule has 4 aliphatic carbocycles. The molecular weight excluding hydrogens is 489 g/mol. The number of fused-ring (bicyclic) bond motifs is 4. The van der Waals surface area contributed by atoms with Crippen molar-refractivity contribution in [2.75, 3.05) is 0 Å². The molecule has 208 valence electrons. The maximum Gasteiger partial charge on any atom is 0.167 e. The van der Waals surface area contributed by atoms with Gasteiger partial charge in [-0.05, 0) is 154 Å². The van der Waals surface area contributed by atoms with Crippen molar-refractivity contribution in [2.24, 2.45) is 23.7 Å². The molecule has 0 atom stereocenters. The molecule has 2 aromatic rings. The number of hydrogen-bond acceptors (Lipinski definition) is 0. The number of hydrogen-bond donors (Lipinski definition) is 0. The van der Waals surface area contributed by atoms with Crippen LogP contribution in [0.1, 0.15) is 113 Å². The van der Waals surface area contributed by atoms with Crippen LogP contribution in [0, 0.1) is 41.1 Å². The molecule has 6 rings (SSSR count). The third-order valence-electron chi connectivity index (χ3n) is 11.0. The molecule has 0 amide bonds. The van der Waals surface area contributed by atoms with E-state index in [9.17, 15) is 0 Å². The molecule has 4 aliphatic rings. The summed E-state index contributed by atoms with van der Waals surface area (Å²) in [6.07, 6.45) is 19.4. The molecule has 0 bridgehead atoms. The summed E-state index contributed by atoms with van der Waals surface area (Å²) >= 11 is 0. The van der Waals surface area contributed by atoms with Crippen molar-refractivity contribution in [1.29, 1.82) is 0 Å². The predicted molar refractivity (Wildman–Crippen MR) is 155 cm³/mol. The standard InChI is InChI=1S/C36H43F3/c1-3-5-6-23-9-13-27(14-10-23)30-21-31-29-20-19-28(34(37)32(29)33(31)36(39)35(30)38)26-17-15-25(16-18-26)24-11-7-22(4-2)8-12-24/h3-4,19-27H,1-2,5-18H2. The van der Waals surface area contributed by atoms with Gasteiger partial charge in [-0.2, -0.15) is 0 Å². The molecule has 3 fully saturated rings. The van der Waals surface area contributed by atoms with Crippen molar-refractivity contribution < 1.29 is 13.2 Å². The van der Waals surface area contributed by atoms with Gasteiger partial charge in [0.2, 0.25) is 0 Å². The van der Waals surface area contributed by atoms with Gasteiger partial charge in [-0.3, -0.25) is 0 Å². The van der Waals surface area contributed by atoms with Gasteiger partial charge in [0.05, 0.1) is 0 Å². The molecule has 3 saturated carbocycles. The first-order chi connectivity index (χ1) is 19.0. The maximum absolute atomic E-state index is 15.9. The van der Waals surface area contributed by atoms with Crippen LogP contribution in [0.25, 0.3) is 22.3 Å². The highest BCUT2D eigenvalue weighted by atomic mass is 19.2. The first kappa shape index (κ1) is 26.9. The van der Waals surface area contributed by atoms with Crippen molar-refractivity contribution in [3.8, 4) is 22.3 Å². The minimum absolute atomic E-state index is 0.0416. The normalized spacial score (nSPS) is 30.1. The lowest BCUT2D eigenvalue weighted by atomic mass is 9.67. The highest BCUT2D eigenvalue weighted by Gasteiger charge is 2.38. The molecule has 0 aromatic heterocycles. The number of rotatable bonds is 7. The lowest BCUT2D eigenvalue weighted by Crippen LogP contribution is -2.25. The van der Waals surface area contributed by atoms with E-state index >= 15 is 13.2 Å². The fraction of sp³-hybridized carbons (Fsp3) is 0.556. The van der Waals surface area contributed by atoms with Gasteiger partial charge in [0.1, 0.15) is 5.82 Å². The van der Waals surface area contributed by atoms with E-state index in [-0.39, 0.29) is 23.2 Å². The van der Waals surface area contributed by atoms with Crippen molar-refractivity contribution in [1.82, 2.24) is 0 Å². The van der Waals surface area contributed by atoms with E-state index in [1.165, 1.54) is 25.7 Å². The Hall–Kier alpha value is -2.29. The van der Waals surface area contributed by atoms with Gasteiger partial charge in [-0.1, -0.05) is 24.3 Å². The zero-order valence-corrected chi connectivity index (χ0v) is 23.3. The van der Waals surface area contributed by atoms with Crippen molar-refractivity contribution in [3.05, 3.63) is 72.1 Å². The summed E-state index contributed by atoms with van der Waals surface area (Å²) in [6.45, 7) is 7.78. The lowest BCUT2D eigenvalue weighted by Gasteiger charge is -2.38. The lowest BCUT2D eigenvalue weighted by molar-refractivity contribution is 0.171. The van der Waals surface area contributed by atoms with Crippen LogP contribution in [0.4, 0.5) is 13.2 Å². The molecule has 3 heteroatoms. The van der Waals surface area contributed by atoms with Crippen LogP contribution in [-0.2, 0) is 0 Å². The fourth-order valence-electron chi connectivity index (χ4n) is 8.58. The summed E-state index contributed by atoms with van der Waals surface area (Å²) in [7, 11) is 0. The van der Waals surface area contributed by atoms with Crippen LogP contribution in [0.3, 0.4) is 0 Å². The topological polar surface area (TPSA) is 0 Å². The summed E-state index contributed by atoms with van der Waals surface area (Å²) in [4.78, 5) is 0. The molecule has 0 radical (unpaired) electrons. The molecule has 0 unspecified atom stereocenters. The SMILES string of the molecule is C=CCCC1CCC(c2cc3c(c(F)c2F)-c2c-3ccc(C3CCC(C4CCC(C=C)CC4)CC3)c2F)CC1. The van der Waals surface area contributed by atoms with E-state index in [4.69, 9.17) is 0 Å².